The minimum Gasteiger partial charge on any atom is -0.462 e. The lowest BCUT2D eigenvalue weighted by molar-refractivity contribution is -0.194. The first-order chi connectivity index (χ1) is 68.1. The van der Waals surface area contributed by atoms with Gasteiger partial charge in [0, 0.05) is 64.7 Å². The number of methoxy groups -OCH3 is 3. The highest BCUT2D eigenvalue weighted by atomic mass is 32.2. The summed E-state index contributed by atoms with van der Waals surface area (Å²) in [5, 5.41) is 0.0949. The Labute approximate surface area is 881 Å². The van der Waals surface area contributed by atoms with Crippen LogP contribution >= 0.6 is 11.8 Å². The molecule has 147 heavy (non-hydrogen) atoms. The average molecular weight is 2110 g/mol. The van der Waals surface area contributed by atoms with E-state index in [1.807, 2.05) is 76.2 Å². The van der Waals surface area contributed by atoms with Crippen molar-refractivity contribution in [2.75, 3.05) is 61.5 Å². The van der Waals surface area contributed by atoms with Crippen LogP contribution in [-0.2, 0) is 162 Å². The fraction of sp³-hybridized carbons (Fsp3) is 0.866. The van der Waals surface area contributed by atoms with Crippen molar-refractivity contribution in [2.45, 2.75) is 426 Å². The van der Waals surface area contributed by atoms with E-state index >= 15 is 0 Å². The molecule has 13 aliphatic carbocycles. The van der Waals surface area contributed by atoms with Crippen LogP contribution in [0.5, 0.6) is 0 Å². The van der Waals surface area contributed by atoms with Crippen LogP contribution in [0.1, 0.15) is 363 Å². The molecule has 846 valence electrons. The lowest BCUT2D eigenvalue weighted by atomic mass is 9.54. The van der Waals surface area contributed by atoms with E-state index in [0.29, 0.717) is 39.1 Å². The first-order valence-corrected chi connectivity index (χ1v) is 54.7. The standard InChI is InChI=1S/C20H32O4.C20H32O3S.C18H28O5.C16H26O5.C14H26O6.C14H26O5.C10H18O6/c1-12(17(21)23-19(3,4)5)13(2)18(22)24-20-9-14-6-15(10-20)8-16(7-14)11-20;1-12(13(2)18(22)24-19(3,4)5)17(21)23-20-9-14-6-15(10-20)8-16(7-14)11-20;1-11(16(19)22-10-21-3)12(2)17(20)23-18-7-13-4-14(8-18)6-15(5-13)9-18;1-10(11(2)15(19)21-16(3,4)5)14(18)20-13-8-6-7-12(17)9-13;1-7-17-11(5)19-13(15)9(3)10(4)14(16)20-12(6)18-8-2;1-8-17-11(4)18-12(15)9(2)10(3)13(16)19-14(5,6)7;1-7(9(11)15-5-13-3)8(2)10(12)16-6-14-4/h2*12-16H,6-11H2,1-5H3;11-15H,4-10H2,1-3H3;10-11,13H,6-9H2,1-5H3;9-12H,7-8H2,1-6H3;9-11H,8H2,1-7H3;7-8H,5-6H2,1-4H3. The topological polar surface area (TPSA) is 431 Å². The summed E-state index contributed by atoms with van der Waals surface area (Å²) < 4.78 is 98.3. The Morgan fingerprint density at radius 1 is 0.299 bits per heavy atom. The zero-order valence-electron chi connectivity index (χ0n) is 95.7. The second-order valence-electron chi connectivity index (χ2n) is 47.4. The van der Waals surface area contributed by atoms with Crippen LogP contribution in [0.4, 0.5) is 0 Å². The lowest BCUT2D eigenvalue weighted by Crippen LogP contribution is -2.53. The van der Waals surface area contributed by atoms with E-state index in [2.05, 4.69) is 9.47 Å². The Bertz CT molecular complexity index is 3950. The molecule has 0 heterocycles. The van der Waals surface area contributed by atoms with Gasteiger partial charge in [-0.15, -0.1) is 0 Å². The first kappa shape index (κ1) is 132. The Balaban J connectivity index is 0.000000359. The summed E-state index contributed by atoms with van der Waals surface area (Å²) in [6.07, 6.45) is 21.3. The molecule has 0 aromatic carbocycles. The molecule has 0 aromatic rings. The molecule has 0 saturated heterocycles. The molecule has 35 heteroatoms. The number of esters is 13. The summed E-state index contributed by atoms with van der Waals surface area (Å²) in [7, 11) is 4.28. The highest BCUT2D eigenvalue weighted by Crippen LogP contribution is 2.60. The molecule has 0 N–H and O–H groups in total. The largest absolute Gasteiger partial charge is 0.462 e. The molecule has 0 amide bonds. The van der Waals surface area contributed by atoms with Gasteiger partial charge >= 0.3 is 77.6 Å². The maximum Gasteiger partial charge on any atom is 0.311 e. The van der Waals surface area contributed by atoms with E-state index in [9.17, 15) is 71.9 Å². The van der Waals surface area contributed by atoms with Gasteiger partial charge in [-0.3, -0.25) is 71.9 Å². The third-order valence-corrected chi connectivity index (χ3v) is 30.9. The second kappa shape index (κ2) is 60.3. The van der Waals surface area contributed by atoms with Crippen LogP contribution in [0.3, 0.4) is 0 Å². The number of carbonyl (C=O) groups is 15. The Morgan fingerprint density at radius 3 is 0.721 bits per heavy atom. The van der Waals surface area contributed by atoms with E-state index < -0.39 is 160 Å². The molecule has 18 atom stereocenters. The summed E-state index contributed by atoms with van der Waals surface area (Å²) >= 11 is 1.33. The molecule has 12 bridgehead atoms. The van der Waals surface area contributed by atoms with Crippen LogP contribution in [0, 0.1) is 136 Å². The molecule has 13 fully saturated rings. The zero-order valence-corrected chi connectivity index (χ0v) is 96.5. The van der Waals surface area contributed by atoms with Crippen molar-refractivity contribution in [1.29, 1.82) is 0 Å². The minimum absolute atomic E-state index is 0.0834. The van der Waals surface area contributed by atoms with Gasteiger partial charge in [0.2, 0.25) is 0 Å². The van der Waals surface area contributed by atoms with E-state index in [-0.39, 0.29) is 94.6 Å². The van der Waals surface area contributed by atoms with Gasteiger partial charge in [0.25, 0.3) is 0 Å². The van der Waals surface area contributed by atoms with Crippen molar-refractivity contribution < 1.29 is 162 Å². The van der Waals surface area contributed by atoms with Crippen molar-refractivity contribution >= 4 is 100 Å². The maximum atomic E-state index is 12.8. The molecule has 0 aliphatic heterocycles. The molecule has 0 radical (unpaired) electrons. The Hall–Kier alpha value is -7.44. The Morgan fingerprint density at radius 2 is 0.510 bits per heavy atom. The number of carbonyl (C=O) groups excluding carboxylic acids is 15. The predicted molar refractivity (Wildman–Crippen MR) is 548 cm³/mol. The van der Waals surface area contributed by atoms with E-state index in [1.165, 1.54) is 90.9 Å². The van der Waals surface area contributed by atoms with Gasteiger partial charge < -0.3 is 90.0 Å². The monoisotopic (exact) mass is 2110 g/mol. The summed E-state index contributed by atoms with van der Waals surface area (Å²) in [5.41, 5.74) is -2.38. The van der Waals surface area contributed by atoms with Crippen molar-refractivity contribution in [3.05, 3.63) is 0 Å². The number of hydrogen-bond acceptors (Lipinski definition) is 35. The van der Waals surface area contributed by atoms with Gasteiger partial charge in [-0.05, 0) is 286 Å². The van der Waals surface area contributed by atoms with Gasteiger partial charge in [-0.1, -0.05) is 129 Å². The summed E-state index contributed by atoms with van der Waals surface area (Å²) in [6, 6.07) is 0. The fourth-order valence-electron chi connectivity index (χ4n) is 21.5. The van der Waals surface area contributed by atoms with Crippen LogP contribution < -0.4 is 0 Å². The second-order valence-corrected chi connectivity index (χ2v) is 49.3. The third-order valence-electron chi connectivity index (χ3n) is 29.7. The number of rotatable bonds is 40. The molecular formula is C112H188O34S. The smallest absolute Gasteiger partial charge is 0.311 e. The van der Waals surface area contributed by atoms with Crippen molar-refractivity contribution in [3.8, 4) is 0 Å². The molecule has 0 spiro atoms. The summed E-state index contributed by atoms with van der Waals surface area (Å²) in [6.45, 7) is 57.5. The van der Waals surface area contributed by atoms with Crippen molar-refractivity contribution in [1.82, 2.24) is 0 Å². The van der Waals surface area contributed by atoms with Crippen molar-refractivity contribution in [3.63, 3.8) is 0 Å². The van der Waals surface area contributed by atoms with Crippen LogP contribution in [0.2, 0.25) is 0 Å². The van der Waals surface area contributed by atoms with E-state index in [0.717, 1.165) is 117 Å². The SMILES string of the molecule is CC(C(=O)OC(C)(C)C)C(C)C(=O)OC12CC3CC(CC(C3)C1)C2.CC(C(=O)OC12CC3CC(CC(C3)C1)C2)C(C)C(=O)SC(C)(C)C.CC(C(=O)OC1CCCC(=O)C1)C(C)C(=O)OC(C)(C)C.CCOC(C)OC(=O)C(C)C(C)C(=O)OC(C)(C)C.CCOC(C)OC(=O)C(C)C(C)C(=O)OC(C)OCC.COCOC(=O)C(C)C(C)C(=O)OC12CC3CC(CC(C3)C1)C2.COCOC(=O)C(C)C(C)C(=O)OCOC. The zero-order chi connectivity index (χ0) is 112. The van der Waals surface area contributed by atoms with Gasteiger partial charge in [-0.2, -0.15) is 0 Å². The normalized spacial score (nSPS) is 27.1. The van der Waals surface area contributed by atoms with E-state index in [4.69, 9.17) is 80.5 Å². The highest BCUT2D eigenvalue weighted by molar-refractivity contribution is 8.14. The molecule has 34 nitrogen and oxygen atoms in total. The molecular weight excluding hydrogens is 1920 g/mol. The van der Waals surface area contributed by atoms with Crippen molar-refractivity contribution in [2.24, 2.45) is 136 Å². The Kier molecular flexibility index (Phi) is 54.1. The number of thioether (sulfide) groups is 1. The number of hydrogen-bond donors (Lipinski definition) is 0. The minimum atomic E-state index is -0.625. The van der Waals surface area contributed by atoms with Crippen LogP contribution in [-0.4, -0.2) is 213 Å². The molecule has 18 unspecified atom stereocenters. The molecule has 0 aromatic heterocycles. The van der Waals surface area contributed by atoms with Gasteiger partial charge in [0.1, 0.15) is 45.5 Å². The highest BCUT2D eigenvalue weighted by Gasteiger charge is 2.58. The van der Waals surface area contributed by atoms with Crippen LogP contribution in [0.15, 0.2) is 0 Å². The molecule has 13 rings (SSSR count). The predicted octanol–water partition coefficient (Wildman–Crippen LogP) is 19.7. The summed E-state index contributed by atoms with van der Waals surface area (Å²) in [5.74, 6) is -5.53. The summed E-state index contributed by atoms with van der Waals surface area (Å²) in [4.78, 5) is 180. The maximum absolute atomic E-state index is 12.8. The third kappa shape index (κ3) is 45.0. The van der Waals surface area contributed by atoms with Gasteiger partial charge in [0.05, 0.1) is 76.9 Å². The van der Waals surface area contributed by atoms with Gasteiger partial charge in [-0.25, -0.2) is 0 Å². The quantitative estimate of drug-likeness (QED) is 0.0312. The van der Waals surface area contributed by atoms with Gasteiger partial charge in [0.15, 0.2) is 44.4 Å². The fourth-order valence-corrected chi connectivity index (χ4v) is 22.5. The van der Waals surface area contributed by atoms with Crippen LogP contribution in [0.25, 0.3) is 0 Å². The number of Topliss-reactive ketones (excluding diaryl/α,β-unsaturated/α-hetero) is 1. The molecule has 13 saturated carbocycles. The molecule has 13 aliphatic rings. The lowest BCUT2D eigenvalue weighted by Gasteiger charge is -2.55. The van der Waals surface area contributed by atoms with E-state index in [1.54, 1.807) is 145 Å². The number of ketones is 1. The first-order valence-electron chi connectivity index (χ1n) is 53.9. The number of ether oxygens (including phenoxy) is 19. The average Bonchev–Trinajstić information content (AvgIpc) is 0.754.